The van der Waals surface area contributed by atoms with Crippen molar-refractivity contribution < 1.29 is 0 Å². The van der Waals surface area contributed by atoms with Crippen molar-refractivity contribution in [3.8, 4) is 0 Å². The summed E-state index contributed by atoms with van der Waals surface area (Å²) in [4.78, 5) is 0. The molecule has 106 valence electrons. The Morgan fingerprint density at radius 1 is 1.16 bits per heavy atom. The lowest BCUT2D eigenvalue weighted by Gasteiger charge is -2.49. The van der Waals surface area contributed by atoms with Crippen LogP contribution in [-0.2, 0) is 5.41 Å². The Bertz CT molecular complexity index is 385. The van der Waals surface area contributed by atoms with E-state index in [1.165, 1.54) is 37.7 Å². The van der Waals surface area contributed by atoms with Crippen molar-refractivity contribution in [3.63, 3.8) is 0 Å². The van der Waals surface area contributed by atoms with Gasteiger partial charge in [0.1, 0.15) is 0 Å². The summed E-state index contributed by atoms with van der Waals surface area (Å²) in [7, 11) is 0. The van der Waals surface area contributed by atoms with Crippen LogP contribution in [-0.4, -0.2) is 13.1 Å². The molecular weight excluding hydrogens is 230 g/mol. The molecule has 1 nitrogen and oxygen atoms in total. The highest BCUT2D eigenvalue weighted by molar-refractivity contribution is 5.36. The Hall–Kier alpha value is -0.820. The lowest BCUT2D eigenvalue weighted by atomic mass is 9.57. The summed E-state index contributed by atoms with van der Waals surface area (Å²) in [6, 6.07) is 8.99. The molecule has 1 N–H and O–H groups in total. The van der Waals surface area contributed by atoms with Gasteiger partial charge in [-0.25, -0.2) is 0 Å². The standard InChI is InChI=1S/C18H29N/c1-4-8-16-12-18(13-16,14-19-11-5-2)17-10-7-6-9-15(17)3/h6-7,9-10,16,19H,4-5,8,11-14H2,1-3H3. The van der Waals surface area contributed by atoms with Crippen LogP contribution in [0.1, 0.15) is 57.1 Å². The van der Waals surface area contributed by atoms with Crippen molar-refractivity contribution in [2.75, 3.05) is 13.1 Å². The molecule has 1 heteroatoms. The van der Waals surface area contributed by atoms with Crippen LogP contribution in [0, 0.1) is 12.8 Å². The molecule has 0 amide bonds. The Balaban J connectivity index is 2.10. The fourth-order valence-electron chi connectivity index (χ4n) is 3.79. The molecule has 0 bridgehead atoms. The van der Waals surface area contributed by atoms with Gasteiger partial charge in [0.15, 0.2) is 0 Å². The molecule has 1 aliphatic rings. The third kappa shape index (κ3) is 3.20. The topological polar surface area (TPSA) is 12.0 Å². The number of rotatable bonds is 7. The molecule has 0 aromatic heterocycles. The minimum absolute atomic E-state index is 0.417. The largest absolute Gasteiger partial charge is 0.316 e. The number of hydrogen-bond acceptors (Lipinski definition) is 1. The molecule has 0 unspecified atom stereocenters. The molecular formula is C18H29N. The average molecular weight is 259 g/mol. The van der Waals surface area contributed by atoms with Crippen LogP contribution in [0.5, 0.6) is 0 Å². The first-order valence-electron chi connectivity index (χ1n) is 7.98. The average Bonchev–Trinajstić information content (AvgIpc) is 2.36. The Morgan fingerprint density at radius 2 is 1.89 bits per heavy atom. The molecule has 0 spiro atoms. The predicted octanol–water partition coefficient (Wildman–Crippen LogP) is 4.44. The van der Waals surface area contributed by atoms with Gasteiger partial charge < -0.3 is 5.32 Å². The van der Waals surface area contributed by atoms with E-state index >= 15 is 0 Å². The van der Waals surface area contributed by atoms with E-state index in [1.807, 2.05) is 0 Å². The van der Waals surface area contributed by atoms with E-state index in [1.54, 1.807) is 5.56 Å². The van der Waals surface area contributed by atoms with Gasteiger partial charge >= 0.3 is 0 Å². The van der Waals surface area contributed by atoms with Crippen molar-refractivity contribution in [2.45, 2.75) is 58.3 Å². The maximum absolute atomic E-state index is 3.67. The predicted molar refractivity (Wildman–Crippen MR) is 83.6 cm³/mol. The van der Waals surface area contributed by atoms with E-state index in [0.717, 1.165) is 19.0 Å². The van der Waals surface area contributed by atoms with Gasteiger partial charge in [0.25, 0.3) is 0 Å². The highest BCUT2D eigenvalue weighted by Crippen LogP contribution is 2.50. The summed E-state index contributed by atoms with van der Waals surface area (Å²) in [6.07, 6.45) is 6.71. The lowest BCUT2D eigenvalue weighted by molar-refractivity contribution is 0.128. The first-order valence-corrected chi connectivity index (χ1v) is 7.98. The minimum atomic E-state index is 0.417. The first-order chi connectivity index (χ1) is 9.22. The van der Waals surface area contributed by atoms with Crippen LogP contribution < -0.4 is 5.32 Å². The van der Waals surface area contributed by atoms with Gasteiger partial charge in [0.05, 0.1) is 0 Å². The summed E-state index contributed by atoms with van der Waals surface area (Å²) in [6.45, 7) is 9.12. The van der Waals surface area contributed by atoms with Crippen LogP contribution in [0.3, 0.4) is 0 Å². The third-order valence-corrected chi connectivity index (χ3v) is 4.66. The summed E-state index contributed by atoms with van der Waals surface area (Å²) in [5.41, 5.74) is 3.47. The van der Waals surface area contributed by atoms with Crippen molar-refractivity contribution in [1.82, 2.24) is 5.32 Å². The van der Waals surface area contributed by atoms with Crippen LogP contribution in [0.25, 0.3) is 0 Å². The zero-order valence-corrected chi connectivity index (χ0v) is 12.8. The van der Waals surface area contributed by atoms with E-state index < -0.39 is 0 Å². The summed E-state index contributed by atoms with van der Waals surface area (Å²) < 4.78 is 0. The van der Waals surface area contributed by atoms with Gasteiger partial charge in [0.2, 0.25) is 0 Å². The maximum atomic E-state index is 3.67. The van der Waals surface area contributed by atoms with Gasteiger partial charge in [-0.15, -0.1) is 0 Å². The van der Waals surface area contributed by atoms with Gasteiger partial charge in [0, 0.05) is 12.0 Å². The molecule has 0 aliphatic heterocycles. The quantitative estimate of drug-likeness (QED) is 0.714. The maximum Gasteiger partial charge on any atom is 0.00856 e. The molecule has 1 aromatic rings. The molecule has 0 saturated heterocycles. The van der Waals surface area contributed by atoms with Crippen LogP contribution in [0.4, 0.5) is 0 Å². The summed E-state index contributed by atoms with van der Waals surface area (Å²) in [5.74, 6) is 0.952. The van der Waals surface area contributed by atoms with Crippen LogP contribution in [0.15, 0.2) is 24.3 Å². The second-order valence-corrected chi connectivity index (χ2v) is 6.33. The number of benzene rings is 1. The van der Waals surface area contributed by atoms with Gasteiger partial charge in [-0.3, -0.25) is 0 Å². The Morgan fingerprint density at radius 3 is 2.53 bits per heavy atom. The molecule has 1 aromatic carbocycles. The normalized spacial score (nSPS) is 26.2. The van der Waals surface area contributed by atoms with E-state index in [0.29, 0.717) is 5.41 Å². The summed E-state index contributed by atoms with van der Waals surface area (Å²) >= 11 is 0. The van der Waals surface area contributed by atoms with Gasteiger partial charge in [-0.2, -0.15) is 0 Å². The van der Waals surface area contributed by atoms with Gasteiger partial charge in [-0.05, 0) is 49.8 Å². The molecule has 1 saturated carbocycles. The number of nitrogens with one attached hydrogen (secondary N) is 1. The van der Waals surface area contributed by atoms with E-state index in [-0.39, 0.29) is 0 Å². The highest BCUT2D eigenvalue weighted by atomic mass is 14.9. The van der Waals surface area contributed by atoms with Crippen molar-refractivity contribution in [2.24, 2.45) is 5.92 Å². The zero-order chi connectivity index (χ0) is 13.7. The fourth-order valence-corrected chi connectivity index (χ4v) is 3.79. The van der Waals surface area contributed by atoms with Crippen molar-refractivity contribution in [1.29, 1.82) is 0 Å². The molecule has 0 atom stereocenters. The zero-order valence-electron chi connectivity index (χ0n) is 12.8. The monoisotopic (exact) mass is 259 g/mol. The number of hydrogen-bond donors (Lipinski definition) is 1. The molecule has 1 fully saturated rings. The summed E-state index contributed by atoms with van der Waals surface area (Å²) in [5, 5.41) is 3.67. The molecule has 0 radical (unpaired) electrons. The highest BCUT2D eigenvalue weighted by Gasteiger charge is 2.44. The SMILES string of the molecule is CCCNCC1(c2ccccc2C)CC(CCC)C1. The van der Waals surface area contributed by atoms with E-state index in [9.17, 15) is 0 Å². The smallest absolute Gasteiger partial charge is 0.00856 e. The number of aryl methyl sites for hydroxylation is 1. The molecule has 2 rings (SSSR count). The Kier molecular flexibility index (Phi) is 5.04. The second-order valence-electron chi connectivity index (χ2n) is 6.33. The Labute approximate surface area is 118 Å². The van der Waals surface area contributed by atoms with Crippen molar-refractivity contribution in [3.05, 3.63) is 35.4 Å². The van der Waals surface area contributed by atoms with Gasteiger partial charge in [-0.1, -0.05) is 51.0 Å². The molecule has 19 heavy (non-hydrogen) atoms. The van der Waals surface area contributed by atoms with Crippen LogP contribution in [0.2, 0.25) is 0 Å². The van der Waals surface area contributed by atoms with E-state index in [4.69, 9.17) is 0 Å². The molecule has 1 aliphatic carbocycles. The van der Waals surface area contributed by atoms with Crippen LogP contribution >= 0.6 is 0 Å². The van der Waals surface area contributed by atoms with Crippen molar-refractivity contribution >= 4 is 0 Å². The lowest BCUT2D eigenvalue weighted by Crippen LogP contribution is -2.49. The second kappa shape index (κ2) is 6.56. The first kappa shape index (κ1) is 14.6. The fraction of sp³-hybridized carbons (Fsp3) is 0.667. The minimum Gasteiger partial charge on any atom is -0.316 e. The molecule has 0 heterocycles. The van der Waals surface area contributed by atoms with E-state index in [2.05, 4.69) is 50.4 Å². The third-order valence-electron chi connectivity index (χ3n) is 4.66.